The number of nitrogens with one attached hydrogen (secondary N) is 1. The van der Waals surface area contributed by atoms with Gasteiger partial charge in [0.2, 0.25) is 0 Å². The Balaban J connectivity index is 1.91. The van der Waals surface area contributed by atoms with E-state index in [9.17, 15) is 0 Å². The molecule has 1 aromatic carbocycles. The van der Waals surface area contributed by atoms with Gasteiger partial charge in [0.15, 0.2) is 5.82 Å². The topological polar surface area (TPSA) is 50.2 Å². The van der Waals surface area contributed by atoms with E-state index in [0.717, 1.165) is 35.8 Å². The summed E-state index contributed by atoms with van der Waals surface area (Å²) in [7, 11) is 0. The highest BCUT2D eigenvalue weighted by molar-refractivity contribution is 6.30. The molecule has 0 saturated carbocycles. The van der Waals surface area contributed by atoms with Crippen LogP contribution in [0.4, 0.5) is 5.82 Å². The van der Waals surface area contributed by atoms with Crippen LogP contribution in [0, 0.1) is 0 Å². The van der Waals surface area contributed by atoms with E-state index in [4.69, 9.17) is 11.6 Å². The van der Waals surface area contributed by atoms with Crippen molar-refractivity contribution in [3.8, 4) is 11.4 Å². The minimum atomic E-state index is 0.274. The van der Waals surface area contributed by atoms with Gasteiger partial charge in [-0.2, -0.15) is 0 Å². The van der Waals surface area contributed by atoms with Crippen LogP contribution in [-0.2, 0) is 6.42 Å². The normalized spacial score (nSPS) is 16.8. The van der Waals surface area contributed by atoms with Crippen LogP contribution in [0.2, 0.25) is 5.02 Å². The second kappa shape index (κ2) is 7.14. The summed E-state index contributed by atoms with van der Waals surface area (Å²) < 4.78 is 0. The van der Waals surface area contributed by atoms with Crippen LogP contribution >= 0.6 is 11.6 Å². The predicted molar refractivity (Wildman–Crippen MR) is 101 cm³/mol. The first-order valence-electron chi connectivity index (χ1n) is 8.26. The summed E-state index contributed by atoms with van der Waals surface area (Å²) in [6.45, 7) is 6.35. The SMILES string of the molecule is CCc1cc(NC2=NC(CC)C(C)=C2)nc(-c2ccc(Cl)cc2)n1. The fourth-order valence-corrected chi connectivity index (χ4v) is 2.83. The molecule has 0 saturated heterocycles. The lowest BCUT2D eigenvalue weighted by Gasteiger charge is -2.09. The van der Waals surface area contributed by atoms with Gasteiger partial charge >= 0.3 is 0 Å². The van der Waals surface area contributed by atoms with Gasteiger partial charge in [-0.3, -0.25) is 4.99 Å². The van der Waals surface area contributed by atoms with Crippen molar-refractivity contribution in [2.24, 2.45) is 4.99 Å². The Hall–Kier alpha value is -2.20. The zero-order chi connectivity index (χ0) is 17.1. The van der Waals surface area contributed by atoms with Crippen LogP contribution in [0.25, 0.3) is 11.4 Å². The maximum absolute atomic E-state index is 5.97. The van der Waals surface area contributed by atoms with Crippen molar-refractivity contribution in [2.45, 2.75) is 39.7 Å². The van der Waals surface area contributed by atoms with E-state index in [1.807, 2.05) is 30.3 Å². The number of amidine groups is 1. The Morgan fingerprint density at radius 3 is 2.50 bits per heavy atom. The van der Waals surface area contributed by atoms with E-state index < -0.39 is 0 Å². The van der Waals surface area contributed by atoms with Gasteiger partial charge < -0.3 is 5.32 Å². The van der Waals surface area contributed by atoms with Gasteiger partial charge in [0.25, 0.3) is 0 Å². The van der Waals surface area contributed by atoms with Crippen LogP contribution in [0.3, 0.4) is 0 Å². The summed E-state index contributed by atoms with van der Waals surface area (Å²) in [5.74, 6) is 2.33. The lowest BCUT2D eigenvalue weighted by molar-refractivity contribution is 0.756. The minimum absolute atomic E-state index is 0.274. The molecule has 1 aromatic heterocycles. The molecule has 0 amide bonds. The lowest BCUT2D eigenvalue weighted by Crippen LogP contribution is -2.11. The molecule has 0 bridgehead atoms. The number of aliphatic imine (C=N–C) groups is 1. The largest absolute Gasteiger partial charge is 0.325 e. The second-order valence-corrected chi connectivity index (χ2v) is 6.32. The van der Waals surface area contributed by atoms with Gasteiger partial charge in [-0.25, -0.2) is 9.97 Å². The fraction of sp³-hybridized carbons (Fsp3) is 0.316. The molecule has 24 heavy (non-hydrogen) atoms. The third-order valence-corrected chi connectivity index (χ3v) is 4.32. The highest BCUT2D eigenvalue weighted by Gasteiger charge is 2.16. The van der Waals surface area contributed by atoms with E-state index in [0.29, 0.717) is 10.8 Å². The fourth-order valence-electron chi connectivity index (χ4n) is 2.70. The van der Waals surface area contributed by atoms with Gasteiger partial charge in [-0.1, -0.05) is 25.4 Å². The first-order valence-corrected chi connectivity index (χ1v) is 8.63. The van der Waals surface area contributed by atoms with Gasteiger partial charge in [-0.15, -0.1) is 0 Å². The molecule has 1 aliphatic rings. The van der Waals surface area contributed by atoms with Gasteiger partial charge in [0.1, 0.15) is 11.7 Å². The maximum atomic E-state index is 5.97. The lowest BCUT2D eigenvalue weighted by atomic mass is 10.1. The smallest absolute Gasteiger partial charge is 0.161 e. The maximum Gasteiger partial charge on any atom is 0.161 e. The van der Waals surface area contributed by atoms with E-state index >= 15 is 0 Å². The quantitative estimate of drug-likeness (QED) is 0.860. The Morgan fingerprint density at radius 2 is 1.88 bits per heavy atom. The number of nitrogens with zero attached hydrogens (tertiary/aromatic N) is 3. The van der Waals surface area contributed by atoms with Gasteiger partial charge in [0.05, 0.1) is 6.04 Å². The molecule has 1 aliphatic heterocycles. The number of hydrogen-bond acceptors (Lipinski definition) is 4. The van der Waals surface area contributed by atoms with Crippen molar-refractivity contribution in [1.82, 2.24) is 9.97 Å². The number of rotatable bonds is 4. The Kier molecular flexibility index (Phi) is 4.95. The zero-order valence-corrected chi connectivity index (χ0v) is 14.9. The minimum Gasteiger partial charge on any atom is -0.325 e. The molecule has 0 aliphatic carbocycles. The van der Waals surface area contributed by atoms with Crippen LogP contribution in [0.5, 0.6) is 0 Å². The zero-order valence-electron chi connectivity index (χ0n) is 14.2. The van der Waals surface area contributed by atoms with E-state index in [-0.39, 0.29) is 6.04 Å². The Bertz CT molecular complexity index is 794. The molecule has 2 aromatic rings. The predicted octanol–water partition coefficient (Wildman–Crippen LogP) is 4.91. The van der Waals surface area contributed by atoms with E-state index in [2.05, 4.69) is 47.1 Å². The van der Waals surface area contributed by atoms with Crippen LogP contribution in [-0.4, -0.2) is 21.8 Å². The molecule has 2 heterocycles. The molecule has 1 N–H and O–H groups in total. The Labute approximate surface area is 147 Å². The summed E-state index contributed by atoms with van der Waals surface area (Å²) >= 11 is 5.97. The number of hydrogen-bond donors (Lipinski definition) is 1. The van der Waals surface area contributed by atoms with Crippen molar-refractivity contribution in [1.29, 1.82) is 0 Å². The highest BCUT2D eigenvalue weighted by atomic mass is 35.5. The highest BCUT2D eigenvalue weighted by Crippen LogP contribution is 2.22. The van der Waals surface area contributed by atoms with Crippen LogP contribution < -0.4 is 5.32 Å². The summed E-state index contributed by atoms with van der Waals surface area (Å²) in [6.07, 6.45) is 3.94. The Morgan fingerprint density at radius 1 is 1.12 bits per heavy atom. The third-order valence-electron chi connectivity index (χ3n) is 4.07. The molecule has 0 fully saturated rings. The van der Waals surface area contributed by atoms with E-state index in [1.54, 1.807) is 0 Å². The number of aromatic nitrogens is 2. The number of halogens is 1. The summed E-state index contributed by atoms with van der Waals surface area (Å²) in [4.78, 5) is 14.0. The first-order chi connectivity index (χ1) is 11.6. The molecular weight excluding hydrogens is 320 g/mol. The standard InChI is InChI=1S/C19H21ClN4/c1-4-15-11-18(23-17-10-12(3)16(5-2)22-17)24-19(21-15)13-6-8-14(20)9-7-13/h6-11,16H,4-5H2,1-3H3,(H,21,22,23,24). The molecule has 124 valence electrons. The van der Waals surface area contributed by atoms with Crippen LogP contribution in [0.1, 0.15) is 32.9 Å². The molecule has 4 nitrogen and oxygen atoms in total. The monoisotopic (exact) mass is 340 g/mol. The molecule has 5 heteroatoms. The van der Waals surface area contributed by atoms with Crippen molar-refractivity contribution in [3.63, 3.8) is 0 Å². The van der Waals surface area contributed by atoms with Crippen molar-refractivity contribution < 1.29 is 0 Å². The second-order valence-electron chi connectivity index (χ2n) is 5.88. The van der Waals surface area contributed by atoms with E-state index in [1.165, 1.54) is 5.57 Å². The number of anilines is 1. The average Bonchev–Trinajstić information content (AvgIpc) is 2.94. The summed E-state index contributed by atoms with van der Waals surface area (Å²) in [5.41, 5.74) is 3.22. The molecule has 3 rings (SSSR count). The summed E-state index contributed by atoms with van der Waals surface area (Å²) in [5, 5.41) is 4.03. The average molecular weight is 341 g/mol. The van der Waals surface area contributed by atoms with Gasteiger partial charge in [-0.05, 0) is 55.7 Å². The van der Waals surface area contributed by atoms with Crippen molar-refractivity contribution >= 4 is 23.3 Å². The van der Waals surface area contributed by atoms with Crippen molar-refractivity contribution in [2.75, 3.05) is 5.32 Å². The number of aryl methyl sites for hydroxylation is 1. The molecule has 1 atom stereocenters. The molecule has 0 spiro atoms. The van der Waals surface area contributed by atoms with Crippen molar-refractivity contribution in [3.05, 3.63) is 52.7 Å². The van der Waals surface area contributed by atoms with Crippen LogP contribution in [0.15, 0.2) is 47.0 Å². The molecule has 1 unspecified atom stereocenters. The third kappa shape index (κ3) is 3.65. The number of benzene rings is 1. The first kappa shape index (κ1) is 16.7. The molecule has 0 radical (unpaired) electrons. The summed E-state index contributed by atoms with van der Waals surface area (Å²) in [6, 6.07) is 9.83. The van der Waals surface area contributed by atoms with Gasteiger partial charge in [0, 0.05) is 22.3 Å². The molecular formula is C19H21ClN4.